The zero-order valence-electron chi connectivity index (χ0n) is 16.5. The number of nitrogens with zero attached hydrogens (tertiary/aromatic N) is 2. The van der Waals surface area contributed by atoms with E-state index in [0.717, 1.165) is 35.1 Å². The summed E-state index contributed by atoms with van der Waals surface area (Å²) in [4.78, 5) is 31.3. The van der Waals surface area contributed by atoms with Gasteiger partial charge in [0, 0.05) is 29.9 Å². The van der Waals surface area contributed by atoms with Gasteiger partial charge >= 0.3 is 5.97 Å². The van der Waals surface area contributed by atoms with E-state index >= 15 is 0 Å². The van der Waals surface area contributed by atoms with Gasteiger partial charge in [-0.1, -0.05) is 43.8 Å². The van der Waals surface area contributed by atoms with Crippen LogP contribution in [-0.4, -0.2) is 41.5 Å². The van der Waals surface area contributed by atoms with Crippen LogP contribution < -0.4 is 0 Å². The zero-order chi connectivity index (χ0) is 20.1. The van der Waals surface area contributed by atoms with Crippen LogP contribution in [0.1, 0.15) is 41.9 Å². The highest BCUT2D eigenvalue weighted by Gasteiger charge is 2.26. The smallest absolute Gasteiger partial charge is 0.338 e. The van der Waals surface area contributed by atoms with Crippen molar-refractivity contribution in [2.75, 3.05) is 19.7 Å². The molecule has 1 aliphatic heterocycles. The number of carbonyl (C=O) groups is 2. The third-order valence-corrected chi connectivity index (χ3v) is 6.92. The molecule has 2 atom stereocenters. The average Bonchev–Trinajstić information content (AvgIpc) is 3.09. The molecule has 0 aliphatic carbocycles. The Bertz CT molecular complexity index is 827. The fourth-order valence-corrected chi connectivity index (χ4v) is 5.40. The Morgan fingerprint density at radius 1 is 1.25 bits per heavy atom. The minimum absolute atomic E-state index is 0.114. The maximum absolute atomic E-state index is 12.6. The van der Waals surface area contributed by atoms with E-state index in [2.05, 4.69) is 18.8 Å². The molecule has 2 aromatic rings. The second-order valence-electron chi connectivity index (χ2n) is 7.52. The highest BCUT2D eigenvalue weighted by atomic mass is 32.2. The number of hydrogen-bond donors (Lipinski definition) is 0. The second kappa shape index (κ2) is 9.56. The summed E-state index contributed by atoms with van der Waals surface area (Å²) in [6.07, 6.45) is 1.13. The highest BCUT2D eigenvalue weighted by molar-refractivity contribution is 8.00. The van der Waals surface area contributed by atoms with Crippen LogP contribution in [-0.2, 0) is 15.3 Å². The Hall–Kier alpha value is -1.86. The second-order valence-corrected chi connectivity index (χ2v) is 9.60. The van der Waals surface area contributed by atoms with Crippen molar-refractivity contribution in [1.29, 1.82) is 0 Å². The highest BCUT2D eigenvalue weighted by Crippen LogP contribution is 2.27. The van der Waals surface area contributed by atoms with E-state index in [1.807, 2.05) is 35.4 Å². The predicted octanol–water partition coefficient (Wildman–Crippen LogP) is 4.41. The van der Waals surface area contributed by atoms with Crippen LogP contribution in [0.2, 0.25) is 0 Å². The van der Waals surface area contributed by atoms with Gasteiger partial charge in [-0.05, 0) is 36.8 Å². The molecule has 3 rings (SSSR count). The van der Waals surface area contributed by atoms with Crippen LogP contribution in [0.5, 0.6) is 0 Å². The van der Waals surface area contributed by atoms with E-state index in [1.54, 1.807) is 29.2 Å². The Morgan fingerprint density at radius 2 is 1.96 bits per heavy atom. The van der Waals surface area contributed by atoms with Crippen molar-refractivity contribution in [3.8, 4) is 0 Å². The summed E-state index contributed by atoms with van der Waals surface area (Å²) < 4.78 is 6.33. The largest absolute Gasteiger partial charge is 0.452 e. The number of ether oxygens (including phenoxy) is 1. The summed E-state index contributed by atoms with van der Waals surface area (Å²) in [5.74, 6) is 1.04. The van der Waals surface area contributed by atoms with Crippen LogP contribution in [0.4, 0.5) is 0 Å². The molecule has 1 aromatic heterocycles. The number of aryl methyl sites for hydroxylation is 1. The Kier molecular flexibility index (Phi) is 7.13. The molecule has 0 unspecified atom stereocenters. The number of aromatic nitrogens is 1. The molecule has 5 nitrogen and oxygen atoms in total. The minimum atomic E-state index is -0.446. The van der Waals surface area contributed by atoms with E-state index in [4.69, 9.17) is 4.74 Å². The van der Waals surface area contributed by atoms with Crippen LogP contribution in [0.25, 0.3) is 0 Å². The monoisotopic (exact) mass is 418 g/mol. The van der Waals surface area contributed by atoms with E-state index in [9.17, 15) is 9.59 Å². The standard InChI is InChI=1S/C21H26N2O3S2/c1-14-8-15(2)10-23(9-14)19(24)11-26-20(25)18-7-5-4-6-17(18)13-28-21-22-16(3)12-27-21/h4-7,12,14-15H,8-11,13H2,1-3H3/t14-,15-/m1/s1. The number of piperidine rings is 1. The molecule has 0 N–H and O–H groups in total. The average molecular weight is 419 g/mol. The first-order valence-corrected chi connectivity index (χ1v) is 11.4. The van der Waals surface area contributed by atoms with Crippen molar-refractivity contribution in [3.63, 3.8) is 0 Å². The SMILES string of the molecule is Cc1csc(SCc2ccccc2C(=O)OCC(=O)N2C[C@H](C)C[C@@H](C)C2)n1. The molecule has 0 radical (unpaired) electrons. The van der Waals surface area contributed by atoms with Crippen LogP contribution in [0, 0.1) is 18.8 Å². The molecule has 28 heavy (non-hydrogen) atoms. The molecule has 0 bridgehead atoms. The predicted molar refractivity (Wildman–Crippen MR) is 113 cm³/mol. The van der Waals surface area contributed by atoms with Gasteiger partial charge in [0.15, 0.2) is 6.61 Å². The number of thiazole rings is 1. The molecule has 1 aliphatic rings. The summed E-state index contributed by atoms with van der Waals surface area (Å²) in [6.45, 7) is 7.54. The van der Waals surface area contributed by atoms with Crippen molar-refractivity contribution in [2.45, 2.75) is 37.3 Å². The van der Waals surface area contributed by atoms with E-state index in [-0.39, 0.29) is 12.5 Å². The molecule has 1 fully saturated rings. The van der Waals surface area contributed by atoms with Gasteiger partial charge in [0.1, 0.15) is 4.34 Å². The Labute approximate surface area is 174 Å². The lowest BCUT2D eigenvalue weighted by Crippen LogP contribution is -2.44. The maximum Gasteiger partial charge on any atom is 0.338 e. The zero-order valence-corrected chi connectivity index (χ0v) is 18.1. The van der Waals surface area contributed by atoms with E-state index in [0.29, 0.717) is 23.2 Å². The number of hydrogen-bond acceptors (Lipinski definition) is 6. The molecule has 0 spiro atoms. The van der Waals surface area contributed by atoms with Gasteiger partial charge in [-0.25, -0.2) is 9.78 Å². The quantitative estimate of drug-likeness (QED) is 0.514. The van der Waals surface area contributed by atoms with Gasteiger partial charge < -0.3 is 9.64 Å². The minimum Gasteiger partial charge on any atom is -0.452 e. The van der Waals surface area contributed by atoms with Gasteiger partial charge in [0.2, 0.25) is 0 Å². The van der Waals surface area contributed by atoms with Crippen molar-refractivity contribution < 1.29 is 14.3 Å². The van der Waals surface area contributed by atoms with Gasteiger partial charge in [0.25, 0.3) is 5.91 Å². The molecule has 2 heterocycles. The first kappa shape index (κ1) is 20.9. The molecular weight excluding hydrogens is 392 g/mol. The fraction of sp³-hybridized carbons (Fsp3) is 0.476. The number of likely N-dealkylation sites (tertiary alicyclic amines) is 1. The first-order valence-electron chi connectivity index (χ1n) is 9.50. The van der Waals surface area contributed by atoms with Crippen LogP contribution in [0.15, 0.2) is 34.0 Å². The van der Waals surface area contributed by atoms with Gasteiger partial charge in [0.05, 0.1) is 5.56 Å². The van der Waals surface area contributed by atoms with Crippen molar-refractivity contribution >= 4 is 35.0 Å². The van der Waals surface area contributed by atoms with Gasteiger partial charge in [-0.2, -0.15) is 0 Å². The summed E-state index contributed by atoms with van der Waals surface area (Å²) in [5, 5.41) is 2.01. The lowest BCUT2D eigenvalue weighted by atomic mass is 9.92. The third-order valence-electron chi connectivity index (χ3n) is 4.73. The van der Waals surface area contributed by atoms with E-state index in [1.165, 1.54) is 0 Å². The van der Waals surface area contributed by atoms with Crippen molar-refractivity contribution in [2.24, 2.45) is 11.8 Å². The van der Waals surface area contributed by atoms with Crippen molar-refractivity contribution in [3.05, 3.63) is 46.5 Å². The molecule has 1 saturated heterocycles. The third kappa shape index (κ3) is 5.58. The van der Waals surface area contributed by atoms with Gasteiger partial charge in [-0.15, -0.1) is 11.3 Å². The molecule has 1 amide bonds. The number of amides is 1. The summed E-state index contributed by atoms with van der Waals surface area (Å²) in [5.41, 5.74) is 2.40. The molecular formula is C21H26N2O3S2. The molecule has 0 saturated carbocycles. The lowest BCUT2D eigenvalue weighted by molar-refractivity contribution is -0.137. The molecule has 7 heteroatoms. The van der Waals surface area contributed by atoms with Gasteiger partial charge in [-0.3, -0.25) is 4.79 Å². The number of esters is 1. The summed E-state index contributed by atoms with van der Waals surface area (Å²) in [6, 6.07) is 7.39. The molecule has 1 aromatic carbocycles. The normalized spacial score (nSPS) is 19.5. The molecule has 150 valence electrons. The maximum atomic E-state index is 12.6. The van der Waals surface area contributed by atoms with E-state index < -0.39 is 5.97 Å². The topological polar surface area (TPSA) is 59.5 Å². The number of rotatable bonds is 6. The summed E-state index contributed by atoms with van der Waals surface area (Å²) in [7, 11) is 0. The Morgan fingerprint density at radius 3 is 2.64 bits per heavy atom. The van der Waals surface area contributed by atoms with Crippen LogP contribution in [0.3, 0.4) is 0 Å². The Balaban J connectivity index is 1.57. The number of benzene rings is 1. The first-order chi connectivity index (χ1) is 13.4. The number of thioether (sulfide) groups is 1. The van der Waals surface area contributed by atoms with Crippen molar-refractivity contribution in [1.82, 2.24) is 9.88 Å². The summed E-state index contributed by atoms with van der Waals surface area (Å²) >= 11 is 3.20. The lowest BCUT2D eigenvalue weighted by Gasteiger charge is -2.34. The fourth-order valence-electron chi connectivity index (χ4n) is 3.55. The number of carbonyl (C=O) groups excluding carboxylic acids is 2. The van der Waals surface area contributed by atoms with Crippen LogP contribution >= 0.6 is 23.1 Å².